The summed E-state index contributed by atoms with van der Waals surface area (Å²) in [5.74, 6) is 0.549. The molecule has 0 heterocycles. The van der Waals surface area contributed by atoms with Crippen LogP contribution in [-0.2, 0) is 19.1 Å². The number of carbonyl (C=O) groups is 3. The predicted molar refractivity (Wildman–Crippen MR) is 183 cm³/mol. The van der Waals surface area contributed by atoms with Crippen LogP contribution in [0.25, 0.3) is 0 Å². The maximum atomic E-state index is 13.0. The molecule has 0 aromatic rings. The molecule has 0 rings (SSSR count). The Morgan fingerprint density at radius 3 is 1.74 bits per heavy atom. The monoisotopic (exact) mass is 624 g/mol. The third-order valence-electron chi connectivity index (χ3n) is 7.51. The van der Waals surface area contributed by atoms with E-state index >= 15 is 0 Å². The molecule has 0 bridgehead atoms. The molecule has 8 heteroatoms. The third-order valence-corrected chi connectivity index (χ3v) is 8.67. The van der Waals surface area contributed by atoms with Gasteiger partial charge < -0.3 is 19.3 Å². The van der Waals surface area contributed by atoms with Gasteiger partial charge >= 0.3 is 11.9 Å². The van der Waals surface area contributed by atoms with E-state index < -0.39 is 0 Å². The molecule has 1 unspecified atom stereocenters. The fourth-order valence-corrected chi connectivity index (χ4v) is 5.38. The molecule has 0 fully saturated rings. The molecule has 1 amide bonds. The Hall–Kier alpha value is -1.80. The van der Waals surface area contributed by atoms with Crippen LogP contribution in [0.2, 0.25) is 0 Å². The molecule has 1 atom stereocenters. The summed E-state index contributed by atoms with van der Waals surface area (Å²) >= 11 is 1.43. The number of allylic oxidation sites excluding steroid dienone is 2. The van der Waals surface area contributed by atoms with Crippen molar-refractivity contribution in [1.82, 2.24) is 9.80 Å². The second-order valence-electron chi connectivity index (χ2n) is 11.7. The van der Waals surface area contributed by atoms with Crippen LogP contribution in [0.15, 0.2) is 24.3 Å². The van der Waals surface area contributed by atoms with E-state index in [1.54, 1.807) is 0 Å². The van der Waals surface area contributed by atoms with Crippen LogP contribution >= 0.6 is 11.8 Å². The number of amides is 1. The van der Waals surface area contributed by atoms with Crippen molar-refractivity contribution in [2.24, 2.45) is 0 Å². The lowest BCUT2D eigenvalue weighted by atomic mass is 10.1. The van der Waals surface area contributed by atoms with Crippen LogP contribution in [-0.4, -0.2) is 79.2 Å². The molecular formula is C35H64N2O5S. The van der Waals surface area contributed by atoms with Crippen molar-refractivity contribution in [3.8, 4) is 0 Å². The van der Waals surface area contributed by atoms with Crippen molar-refractivity contribution < 1.29 is 23.9 Å². The summed E-state index contributed by atoms with van der Waals surface area (Å²) in [7, 11) is 4.09. The number of ether oxygens (including phenoxy) is 2. The summed E-state index contributed by atoms with van der Waals surface area (Å²) in [5.41, 5.74) is 0. The minimum atomic E-state index is -0.130. The molecule has 7 nitrogen and oxygen atoms in total. The Labute approximate surface area is 268 Å². The zero-order valence-electron chi connectivity index (χ0n) is 28.3. The number of thioether (sulfide) groups is 1. The van der Waals surface area contributed by atoms with Gasteiger partial charge in [-0.3, -0.25) is 14.4 Å². The molecular weight excluding hydrogens is 560 g/mol. The first-order chi connectivity index (χ1) is 20.8. The Morgan fingerprint density at radius 1 is 0.698 bits per heavy atom. The van der Waals surface area contributed by atoms with E-state index in [0.717, 1.165) is 89.5 Å². The van der Waals surface area contributed by atoms with Crippen molar-refractivity contribution >= 4 is 28.9 Å². The highest BCUT2D eigenvalue weighted by Gasteiger charge is 2.16. The first-order valence-electron chi connectivity index (χ1n) is 17.0. The number of rotatable bonds is 28. The molecule has 0 saturated heterocycles. The molecule has 0 aromatic carbocycles. The molecule has 0 saturated carbocycles. The van der Waals surface area contributed by atoms with Gasteiger partial charge in [0, 0.05) is 37.7 Å². The van der Waals surface area contributed by atoms with Gasteiger partial charge in [-0.05, 0) is 66.5 Å². The van der Waals surface area contributed by atoms with E-state index in [2.05, 4.69) is 24.8 Å². The van der Waals surface area contributed by atoms with Crippen LogP contribution in [0.5, 0.6) is 0 Å². The third kappa shape index (κ3) is 27.5. The number of hydrogen-bond donors (Lipinski definition) is 0. The number of esters is 2. The second kappa shape index (κ2) is 30.2. The van der Waals surface area contributed by atoms with Gasteiger partial charge in [0.1, 0.15) is 13.2 Å². The average molecular weight is 625 g/mol. The number of unbranched alkanes of at least 4 members (excludes halogenated alkanes) is 12. The normalized spacial score (nSPS) is 12.3. The van der Waals surface area contributed by atoms with Crippen LogP contribution in [0.1, 0.15) is 130 Å². The highest BCUT2D eigenvalue weighted by Crippen LogP contribution is 2.16. The second-order valence-corrected chi connectivity index (χ2v) is 12.6. The maximum absolute atomic E-state index is 13.0. The van der Waals surface area contributed by atoms with Gasteiger partial charge in [0.25, 0.3) is 5.24 Å². The fraction of sp³-hybridized carbons (Fsp3) is 0.800. The summed E-state index contributed by atoms with van der Waals surface area (Å²) < 4.78 is 10.4. The number of nitrogens with zero attached hydrogens (tertiary/aromatic N) is 2. The molecule has 0 aliphatic heterocycles. The van der Waals surface area contributed by atoms with Gasteiger partial charge in [-0.2, -0.15) is 0 Å². The largest absolute Gasteiger partial charge is 0.461 e. The summed E-state index contributed by atoms with van der Waals surface area (Å²) in [4.78, 5) is 40.8. The van der Waals surface area contributed by atoms with Crippen molar-refractivity contribution in [3.63, 3.8) is 0 Å². The SMILES string of the molecule is C/C=C\COC(=O)CCCCCCCN(CCCCCCCC(=O)OC/C=C\CCCCCC)C(=O)SCC(C)N(C)C. The molecule has 0 radical (unpaired) electrons. The molecule has 0 N–H and O–H groups in total. The van der Waals surface area contributed by atoms with Crippen LogP contribution < -0.4 is 0 Å². The van der Waals surface area contributed by atoms with Crippen LogP contribution in [0.4, 0.5) is 4.79 Å². The lowest BCUT2D eigenvalue weighted by molar-refractivity contribution is -0.143. The van der Waals surface area contributed by atoms with Crippen molar-refractivity contribution in [2.45, 2.75) is 136 Å². The summed E-state index contributed by atoms with van der Waals surface area (Å²) in [6.07, 6.45) is 24.7. The van der Waals surface area contributed by atoms with Gasteiger partial charge in [0.05, 0.1) is 0 Å². The number of hydrogen-bond acceptors (Lipinski definition) is 7. The smallest absolute Gasteiger partial charge is 0.306 e. The van der Waals surface area contributed by atoms with Crippen LogP contribution in [0.3, 0.4) is 0 Å². The average Bonchev–Trinajstić information content (AvgIpc) is 2.98. The standard InChI is InChI=1S/C35H64N2O5S/c1-6-8-10-11-12-19-24-30-42-34(39)26-21-16-14-18-23-28-37(35(40)43-31-32(3)36(4)5)27-22-17-13-15-20-25-33(38)41-29-9-7-2/h7,9,19,24,32H,6,8,10-18,20-23,25-31H2,1-5H3/b9-7-,24-19-. The van der Waals surface area contributed by atoms with E-state index in [-0.39, 0.29) is 17.2 Å². The maximum Gasteiger partial charge on any atom is 0.306 e. The molecule has 0 aromatic heterocycles. The van der Waals surface area contributed by atoms with Crippen molar-refractivity contribution in [3.05, 3.63) is 24.3 Å². The van der Waals surface area contributed by atoms with Crippen molar-refractivity contribution in [1.29, 1.82) is 0 Å². The Balaban J connectivity index is 4.18. The molecule has 0 spiro atoms. The minimum Gasteiger partial charge on any atom is -0.461 e. The van der Waals surface area contributed by atoms with Crippen molar-refractivity contribution in [2.75, 3.05) is 46.2 Å². The first kappa shape index (κ1) is 41.2. The summed E-state index contributed by atoms with van der Waals surface area (Å²) in [5, 5.41) is 0.176. The summed E-state index contributed by atoms with van der Waals surface area (Å²) in [6, 6.07) is 0.346. The zero-order chi connectivity index (χ0) is 32.0. The van der Waals surface area contributed by atoms with E-state index in [4.69, 9.17) is 9.47 Å². The van der Waals surface area contributed by atoms with Gasteiger partial charge in [0.15, 0.2) is 0 Å². The predicted octanol–water partition coefficient (Wildman–Crippen LogP) is 8.96. The summed E-state index contributed by atoms with van der Waals surface area (Å²) in [6.45, 7) is 8.57. The minimum absolute atomic E-state index is 0.110. The van der Waals surface area contributed by atoms with Gasteiger partial charge in [-0.15, -0.1) is 0 Å². The van der Waals surface area contributed by atoms with E-state index in [9.17, 15) is 14.4 Å². The molecule has 43 heavy (non-hydrogen) atoms. The highest BCUT2D eigenvalue weighted by molar-refractivity contribution is 8.13. The molecule has 250 valence electrons. The van der Waals surface area contributed by atoms with E-state index in [1.807, 2.05) is 44.1 Å². The lowest BCUT2D eigenvalue weighted by Crippen LogP contribution is -2.32. The van der Waals surface area contributed by atoms with E-state index in [1.165, 1.54) is 37.4 Å². The van der Waals surface area contributed by atoms with E-state index in [0.29, 0.717) is 32.1 Å². The lowest BCUT2D eigenvalue weighted by Gasteiger charge is -2.24. The van der Waals surface area contributed by atoms with Gasteiger partial charge in [-0.25, -0.2) is 0 Å². The quantitative estimate of drug-likeness (QED) is 0.0488. The highest BCUT2D eigenvalue weighted by atomic mass is 32.2. The zero-order valence-corrected chi connectivity index (χ0v) is 29.1. The topological polar surface area (TPSA) is 76.1 Å². The Kier molecular flexibility index (Phi) is 29.0. The fourth-order valence-electron chi connectivity index (χ4n) is 4.33. The van der Waals surface area contributed by atoms with Gasteiger partial charge in [0.2, 0.25) is 0 Å². The van der Waals surface area contributed by atoms with Crippen LogP contribution in [0, 0.1) is 0 Å². The molecule has 0 aliphatic carbocycles. The first-order valence-corrected chi connectivity index (χ1v) is 18.0. The Morgan fingerprint density at radius 2 is 1.21 bits per heavy atom. The number of carbonyl (C=O) groups excluding carboxylic acids is 3. The molecule has 0 aliphatic rings. The van der Waals surface area contributed by atoms with Gasteiger partial charge in [-0.1, -0.05) is 101 Å². The Bertz CT molecular complexity index is 757.